The molecule has 6 atom stereocenters. The predicted octanol–water partition coefficient (Wildman–Crippen LogP) is 4.11. The Kier molecular flexibility index (Phi) is 9.00. The van der Waals surface area contributed by atoms with Gasteiger partial charge in [-0.25, -0.2) is 8.78 Å². The van der Waals surface area contributed by atoms with Crippen LogP contribution in [0, 0.1) is 29.1 Å². The van der Waals surface area contributed by atoms with Crippen LogP contribution >= 0.6 is 11.6 Å². The van der Waals surface area contributed by atoms with Gasteiger partial charge in [0.25, 0.3) is 5.92 Å². The standard InChI is InChI=1S/C28H36ClF2N5O3/c1-16(2)11-23(34-19-7-3-6-18(29)13-19)27(39)36-21-8-9-22(28(30,31)14-21)24(36)26(38)35-20(15-32)12-17-5-4-10-33-25(17)37/h3,6-7,13,16-17,20-24,34H,4-5,8-12,14H2,1-2H3,(H,33,37)(H,35,38)/t17-,20-,21+,22+,23+,24-/m0/s1. The lowest BCUT2D eigenvalue weighted by Crippen LogP contribution is -2.70. The third-order valence-electron chi connectivity index (χ3n) is 8.02. The molecular weight excluding hydrogens is 528 g/mol. The number of fused-ring (bicyclic) bond motifs is 3. The Morgan fingerprint density at radius 3 is 2.69 bits per heavy atom. The molecule has 0 spiro atoms. The van der Waals surface area contributed by atoms with Crippen LogP contribution in [0.5, 0.6) is 0 Å². The van der Waals surface area contributed by atoms with Gasteiger partial charge in [0.05, 0.1) is 12.0 Å². The smallest absolute Gasteiger partial charge is 0.255 e. The molecule has 2 bridgehead atoms. The molecule has 1 aromatic rings. The quantitative estimate of drug-likeness (QED) is 0.418. The van der Waals surface area contributed by atoms with Crippen molar-refractivity contribution in [2.75, 3.05) is 11.9 Å². The van der Waals surface area contributed by atoms with Gasteiger partial charge < -0.3 is 20.9 Å². The van der Waals surface area contributed by atoms with Crippen molar-refractivity contribution in [1.82, 2.24) is 15.5 Å². The fourth-order valence-corrected chi connectivity index (χ4v) is 6.41. The Balaban J connectivity index is 1.58. The zero-order valence-electron chi connectivity index (χ0n) is 22.3. The molecule has 39 heavy (non-hydrogen) atoms. The molecule has 5 rings (SSSR count). The van der Waals surface area contributed by atoms with Crippen LogP contribution in [0.25, 0.3) is 0 Å². The molecule has 11 heteroatoms. The molecule has 212 valence electrons. The van der Waals surface area contributed by atoms with Crippen LogP contribution in [-0.2, 0) is 14.4 Å². The number of rotatable bonds is 9. The first-order chi connectivity index (χ1) is 18.5. The normalized spacial score (nSPS) is 27.3. The van der Waals surface area contributed by atoms with Gasteiger partial charge in [-0.3, -0.25) is 14.4 Å². The largest absolute Gasteiger partial charge is 0.374 e. The molecule has 4 aliphatic rings. The van der Waals surface area contributed by atoms with Crippen molar-refractivity contribution < 1.29 is 23.2 Å². The molecule has 1 aromatic carbocycles. The fraction of sp³-hybridized carbons (Fsp3) is 0.643. The minimum absolute atomic E-state index is 0.0888. The summed E-state index contributed by atoms with van der Waals surface area (Å²) in [5.41, 5.74) is 0.616. The highest BCUT2D eigenvalue weighted by Gasteiger charge is 2.61. The highest BCUT2D eigenvalue weighted by Crippen LogP contribution is 2.49. The van der Waals surface area contributed by atoms with E-state index in [1.54, 1.807) is 24.3 Å². The highest BCUT2D eigenvalue weighted by atomic mass is 35.5. The summed E-state index contributed by atoms with van der Waals surface area (Å²) in [6, 6.07) is 4.91. The molecule has 3 N–H and O–H groups in total. The van der Waals surface area contributed by atoms with Gasteiger partial charge in [0, 0.05) is 35.6 Å². The predicted molar refractivity (Wildman–Crippen MR) is 143 cm³/mol. The van der Waals surface area contributed by atoms with Gasteiger partial charge in [-0.05, 0) is 62.6 Å². The topological polar surface area (TPSA) is 114 Å². The van der Waals surface area contributed by atoms with Crippen LogP contribution in [0.4, 0.5) is 14.5 Å². The molecule has 3 saturated heterocycles. The number of carbonyl (C=O) groups is 3. The van der Waals surface area contributed by atoms with E-state index in [9.17, 15) is 19.6 Å². The average molecular weight is 564 g/mol. The van der Waals surface area contributed by atoms with Crippen LogP contribution in [0.1, 0.15) is 58.8 Å². The summed E-state index contributed by atoms with van der Waals surface area (Å²) in [5.74, 6) is -6.18. The van der Waals surface area contributed by atoms with E-state index in [1.165, 1.54) is 4.90 Å². The number of piperidine rings is 3. The third kappa shape index (κ3) is 6.63. The van der Waals surface area contributed by atoms with Crippen molar-refractivity contribution >= 4 is 35.0 Å². The van der Waals surface area contributed by atoms with Gasteiger partial charge in [-0.2, -0.15) is 5.26 Å². The lowest BCUT2D eigenvalue weighted by Gasteiger charge is -2.54. The number of benzene rings is 1. The van der Waals surface area contributed by atoms with Gasteiger partial charge >= 0.3 is 0 Å². The average Bonchev–Trinajstić information content (AvgIpc) is 2.87. The minimum atomic E-state index is -3.11. The van der Waals surface area contributed by atoms with Crippen LogP contribution in [-0.4, -0.2) is 59.3 Å². The van der Waals surface area contributed by atoms with Crippen LogP contribution in [0.2, 0.25) is 5.02 Å². The number of nitrogens with one attached hydrogen (secondary N) is 3. The van der Waals surface area contributed by atoms with E-state index in [0.717, 1.165) is 6.42 Å². The zero-order chi connectivity index (χ0) is 28.3. The fourth-order valence-electron chi connectivity index (χ4n) is 6.22. The van der Waals surface area contributed by atoms with E-state index in [-0.39, 0.29) is 24.7 Å². The Bertz CT molecular complexity index is 1130. The van der Waals surface area contributed by atoms with Crippen molar-refractivity contribution in [2.45, 2.75) is 88.9 Å². The number of hydrogen-bond donors (Lipinski definition) is 3. The maximum atomic E-state index is 15.1. The van der Waals surface area contributed by atoms with Gasteiger partial charge in [0.15, 0.2) is 0 Å². The maximum absolute atomic E-state index is 15.1. The molecule has 1 aliphatic carbocycles. The van der Waals surface area contributed by atoms with E-state index in [0.29, 0.717) is 36.5 Å². The monoisotopic (exact) mass is 563 g/mol. The van der Waals surface area contributed by atoms with E-state index in [4.69, 9.17) is 11.6 Å². The Labute approximate surface area is 232 Å². The summed E-state index contributed by atoms with van der Waals surface area (Å²) >= 11 is 6.13. The molecule has 0 aromatic heterocycles. The molecule has 0 unspecified atom stereocenters. The third-order valence-corrected chi connectivity index (χ3v) is 8.26. The Morgan fingerprint density at radius 2 is 2.05 bits per heavy atom. The van der Waals surface area contributed by atoms with E-state index in [2.05, 4.69) is 16.0 Å². The summed E-state index contributed by atoms with van der Waals surface area (Å²) in [7, 11) is 0. The summed E-state index contributed by atoms with van der Waals surface area (Å²) < 4.78 is 30.3. The first-order valence-corrected chi connectivity index (χ1v) is 14.1. The number of nitrogens with zero attached hydrogens (tertiary/aromatic N) is 2. The first kappa shape index (κ1) is 29.1. The van der Waals surface area contributed by atoms with Crippen molar-refractivity contribution in [3.63, 3.8) is 0 Å². The Morgan fingerprint density at radius 1 is 1.28 bits per heavy atom. The lowest BCUT2D eigenvalue weighted by atomic mass is 9.71. The second-order valence-corrected chi connectivity index (χ2v) is 11.8. The molecule has 1 saturated carbocycles. The summed E-state index contributed by atoms with van der Waals surface area (Å²) in [5, 5.41) is 18.8. The van der Waals surface area contributed by atoms with Crippen molar-refractivity contribution in [3.05, 3.63) is 29.3 Å². The van der Waals surface area contributed by atoms with Crippen molar-refractivity contribution in [1.29, 1.82) is 5.26 Å². The first-order valence-electron chi connectivity index (χ1n) is 13.7. The molecule has 3 aliphatic heterocycles. The van der Waals surface area contributed by atoms with Gasteiger partial charge in [-0.15, -0.1) is 0 Å². The van der Waals surface area contributed by atoms with E-state index >= 15 is 8.78 Å². The number of alkyl halides is 2. The number of carbonyl (C=O) groups excluding carboxylic acids is 3. The molecule has 4 fully saturated rings. The van der Waals surface area contributed by atoms with Crippen LogP contribution in [0.15, 0.2) is 24.3 Å². The number of halogens is 3. The molecule has 3 heterocycles. The number of hydrogen-bond acceptors (Lipinski definition) is 5. The van der Waals surface area contributed by atoms with Crippen LogP contribution in [0.3, 0.4) is 0 Å². The van der Waals surface area contributed by atoms with Gasteiger partial charge in [0.2, 0.25) is 17.7 Å². The SMILES string of the molecule is CC(C)C[C@@H](Nc1cccc(Cl)c1)C(=O)N1[C@@H]2CC[C@H]([C@H]1C(=O)N[C@H](C#N)C[C@@H]1CCCNC1=O)C(F)(F)C2. The van der Waals surface area contributed by atoms with E-state index < -0.39 is 60.2 Å². The Hall–Kier alpha value is -2.93. The minimum Gasteiger partial charge on any atom is -0.374 e. The summed E-state index contributed by atoms with van der Waals surface area (Å²) in [4.78, 5) is 41.2. The number of anilines is 1. The molecule has 8 nitrogen and oxygen atoms in total. The number of nitriles is 1. The van der Waals surface area contributed by atoms with Gasteiger partial charge in [0.1, 0.15) is 18.1 Å². The van der Waals surface area contributed by atoms with Crippen molar-refractivity contribution in [3.8, 4) is 6.07 Å². The maximum Gasteiger partial charge on any atom is 0.255 e. The second-order valence-electron chi connectivity index (χ2n) is 11.4. The molecular formula is C28H36ClF2N5O3. The highest BCUT2D eigenvalue weighted by molar-refractivity contribution is 6.30. The van der Waals surface area contributed by atoms with E-state index in [1.807, 2.05) is 19.9 Å². The summed E-state index contributed by atoms with van der Waals surface area (Å²) in [6.45, 7) is 4.48. The van der Waals surface area contributed by atoms with Crippen LogP contribution < -0.4 is 16.0 Å². The molecule has 3 amide bonds. The molecule has 0 radical (unpaired) electrons. The lowest BCUT2D eigenvalue weighted by molar-refractivity contribution is -0.194. The summed E-state index contributed by atoms with van der Waals surface area (Å²) in [6.07, 6.45) is 1.85. The number of amides is 3. The zero-order valence-corrected chi connectivity index (χ0v) is 23.0. The van der Waals surface area contributed by atoms with Gasteiger partial charge in [-0.1, -0.05) is 31.5 Å². The van der Waals surface area contributed by atoms with Crippen molar-refractivity contribution in [2.24, 2.45) is 17.8 Å². The second kappa shape index (κ2) is 12.1.